The van der Waals surface area contributed by atoms with E-state index in [1.807, 2.05) is 24.3 Å². The summed E-state index contributed by atoms with van der Waals surface area (Å²) in [4.78, 5) is 25.0. The minimum atomic E-state index is -0.946. The molecule has 2 N–H and O–H groups in total. The van der Waals surface area contributed by atoms with Crippen LogP contribution >= 0.6 is 0 Å². The number of β-amino-alcohol motifs (C(OH)–C–C–N with tert-alkyl or cyclic N) is 1. The number of aliphatic hydroxyl groups is 1. The van der Waals surface area contributed by atoms with Crippen LogP contribution in [0.2, 0.25) is 0 Å². The Kier molecular flexibility index (Phi) is 5.49. The molecule has 1 aliphatic heterocycles. The third-order valence-corrected chi connectivity index (χ3v) is 4.33. The van der Waals surface area contributed by atoms with Gasteiger partial charge in [0.05, 0.1) is 6.54 Å². The van der Waals surface area contributed by atoms with Crippen molar-refractivity contribution in [3.8, 4) is 5.75 Å². The number of hydrogen-bond donors (Lipinski definition) is 2. The second-order valence-corrected chi connectivity index (χ2v) is 6.78. The highest BCUT2D eigenvalue weighted by atomic mass is 16.5. The summed E-state index contributed by atoms with van der Waals surface area (Å²) in [6.07, 6.45) is 0.0408. The van der Waals surface area contributed by atoms with E-state index in [2.05, 4.69) is 19.2 Å². The molecule has 1 fully saturated rings. The Morgan fingerprint density at radius 1 is 1.29 bits per heavy atom. The van der Waals surface area contributed by atoms with E-state index in [-0.39, 0.29) is 19.1 Å². The Morgan fingerprint density at radius 3 is 2.54 bits per heavy atom. The minimum Gasteiger partial charge on any atom is -0.491 e. The van der Waals surface area contributed by atoms with Crippen molar-refractivity contribution in [1.82, 2.24) is 10.2 Å². The summed E-state index contributed by atoms with van der Waals surface area (Å²) in [5.41, 5.74) is 0.157. The Labute approximate surface area is 142 Å². The molecule has 6 nitrogen and oxygen atoms in total. The van der Waals surface area contributed by atoms with Gasteiger partial charge in [-0.25, -0.2) is 4.79 Å². The molecule has 1 aromatic carbocycles. The van der Waals surface area contributed by atoms with Gasteiger partial charge < -0.3 is 15.2 Å². The van der Waals surface area contributed by atoms with Gasteiger partial charge in [-0.05, 0) is 37.8 Å². The fourth-order valence-corrected chi connectivity index (χ4v) is 2.67. The summed E-state index contributed by atoms with van der Waals surface area (Å²) in [5, 5.41) is 12.8. The molecule has 0 aliphatic carbocycles. The van der Waals surface area contributed by atoms with Crippen LogP contribution in [-0.2, 0) is 4.79 Å². The topological polar surface area (TPSA) is 78.9 Å². The molecule has 0 bridgehead atoms. The average Bonchev–Trinajstić information content (AvgIpc) is 2.74. The van der Waals surface area contributed by atoms with E-state index in [4.69, 9.17) is 4.74 Å². The van der Waals surface area contributed by atoms with Crippen LogP contribution < -0.4 is 10.1 Å². The van der Waals surface area contributed by atoms with Crippen LogP contribution in [0.4, 0.5) is 4.79 Å². The van der Waals surface area contributed by atoms with Gasteiger partial charge in [0.15, 0.2) is 0 Å². The number of rotatable bonds is 7. The van der Waals surface area contributed by atoms with Crippen molar-refractivity contribution in [2.45, 2.75) is 51.7 Å². The van der Waals surface area contributed by atoms with Gasteiger partial charge in [0, 0.05) is 0 Å². The third kappa shape index (κ3) is 3.87. The Hall–Kier alpha value is -2.08. The van der Waals surface area contributed by atoms with E-state index in [1.165, 1.54) is 0 Å². The number of urea groups is 1. The van der Waals surface area contributed by atoms with Crippen LogP contribution in [0, 0.1) is 0 Å². The lowest BCUT2D eigenvalue weighted by Crippen LogP contribution is -2.42. The second kappa shape index (κ2) is 7.21. The first-order chi connectivity index (χ1) is 11.3. The predicted molar refractivity (Wildman–Crippen MR) is 91.0 cm³/mol. The number of carbonyl (C=O) groups is 2. The van der Waals surface area contributed by atoms with Gasteiger partial charge in [-0.15, -0.1) is 0 Å². The molecular formula is C18H26N2O4. The summed E-state index contributed by atoms with van der Waals surface area (Å²) < 4.78 is 5.73. The monoisotopic (exact) mass is 334 g/mol. The normalized spacial score (nSPS) is 19.1. The van der Waals surface area contributed by atoms with Crippen LogP contribution in [0.3, 0.4) is 0 Å². The number of ether oxygens (including phenoxy) is 1. The zero-order chi connectivity index (χ0) is 17.9. The lowest BCUT2D eigenvalue weighted by atomic mass is 9.98. The Balaban J connectivity index is 1.96. The van der Waals surface area contributed by atoms with Crippen LogP contribution in [0.5, 0.6) is 5.75 Å². The smallest absolute Gasteiger partial charge is 0.325 e. The van der Waals surface area contributed by atoms with E-state index in [1.54, 1.807) is 13.8 Å². The van der Waals surface area contributed by atoms with Crippen molar-refractivity contribution in [3.63, 3.8) is 0 Å². The molecule has 0 unspecified atom stereocenters. The first-order valence-corrected chi connectivity index (χ1v) is 8.30. The van der Waals surface area contributed by atoms with Gasteiger partial charge in [-0.3, -0.25) is 9.69 Å². The van der Waals surface area contributed by atoms with E-state index < -0.39 is 17.7 Å². The second-order valence-electron chi connectivity index (χ2n) is 6.78. The highest BCUT2D eigenvalue weighted by Crippen LogP contribution is 2.28. The predicted octanol–water partition coefficient (Wildman–Crippen LogP) is 2.27. The van der Waals surface area contributed by atoms with Gasteiger partial charge in [-0.2, -0.15) is 0 Å². The summed E-state index contributed by atoms with van der Waals surface area (Å²) in [7, 11) is 0. The van der Waals surface area contributed by atoms with Gasteiger partial charge in [0.1, 0.15) is 24.0 Å². The number of amides is 3. The lowest BCUT2D eigenvalue weighted by Gasteiger charge is -2.21. The van der Waals surface area contributed by atoms with Crippen molar-refractivity contribution in [3.05, 3.63) is 29.8 Å². The van der Waals surface area contributed by atoms with Gasteiger partial charge in [-0.1, -0.05) is 32.0 Å². The molecule has 0 aromatic heterocycles. The molecule has 2 atom stereocenters. The summed E-state index contributed by atoms with van der Waals surface area (Å²) >= 11 is 0. The van der Waals surface area contributed by atoms with Crippen molar-refractivity contribution in [2.24, 2.45) is 0 Å². The van der Waals surface area contributed by atoms with Crippen LogP contribution in [0.25, 0.3) is 0 Å². The number of imide groups is 1. The Morgan fingerprint density at radius 2 is 1.96 bits per heavy atom. The largest absolute Gasteiger partial charge is 0.491 e. The standard InChI is InChI=1S/C18H26N2O4/c1-5-12(2)14-8-6-7-9-15(14)24-11-13(21)10-20-16(22)18(3,4)19-17(20)23/h6-9,12-13,21H,5,10-11H2,1-4H3,(H,19,23)/t12-,13+/m0/s1. The number of carbonyl (C=O) groups excluding carboxylic acids is 2. The van der Waals surface area contributed by atoms with Crippen LogP contribution in [0.15, 0.2) is 24.3 Å². The lowest BCUT2D eigenvalue weighted by molar-refractivity contribution is -0.131. The molecule has 1 aromatic rings. The highest BCUT2D eigenvalue weighted by Gasteiger charge is 2.44. The maximum absolute atomic E-state index is 12.1. The van der Waals surface area contributed by atoms with Crippen molar-refractivity contribution in [2.75, 3.05) is 13.2 Å². The maximum atomic E-state index is 12.1. The molecule has 1 saturated heterocycles. The molecule has 2 rings (SSSR count). The van der Waals surface area contributed by atoms with Crippen molar-refractivity contribution in [1.29, 1.82) is 0 Å². The van der Waals surface area contributed by atoms with E-state index >= 15 is 0 Å². The first kappa shape index (κ1) is 18.3. The van der Waals surface area contributed by atoms with Crippen molar-refractivity contribution >= 4 is 11.9 Å². The van der Waals surface area contributed by atoms with Gasteiger partial charge in [0.2, 0.25) is 0 Å². The molecule has 0 saturated carbocycles. The first-order valence-electron chi connectivity index (χ1n) is 8.30. The SMILES string of the molecule is CC[C@H](C)c1ccccc1OC[C@H](O)CN1C(=O)NC(C)(C)C1=O. The van der Waals surface area contributed by atoms with Crippen LogP contribution in [0.1, 0.15) is 45.6 Å². The fraction of sp³-hybridized carbons (Fsp3) is 0.556. The summed E-state index contributed by atoms with van der Waals surface area (Å²) in [5.74, 6) is 0.736. The molecule has 132 valence electrons. The number of hydrogen-bond acceptors (Lipinski definition) is 4. The van der Waals surface area contributed by atoms with Crippen molar-refractivity contribution < 1.29 is 19.4 Å². The number of nitrogens with zero attached hydrogens (tertiary/aromatic N) is 1. The number of para-hydroxylation sites is 1. The summed E-state index contributed by atoms with van der Waals surface area (Å²) in [6, 6.07) is 7.23. The third-order valence-electron chi connectivity index (χ3n) is 4.33. The molecule has 1 heterocycles. The molecule has 6 heteroatoms. The van der Waals surface area contributed by atoms with Gasteiger partial charge in [0.25, 0.3) is 5.91 Å². The number of aliphatic hydroxyl groups excluding tert-OH is 1. The minimum absolute atomic E-state index is 0.0188. The molecule has 0 spiro atoms. The molecule has 3 amide bonds. The number of benzene rings is 1. The quantitative estimate of drug-likeness (QED) is 0.750. The zero-order valence-electron chi connectivity index (χ0n) is 14.7. The van der Waals surface area contributed by atoms with E-state index in [0.717, 1.165) is 22.6 Å². The number of nitrogens with one attached hydrogen (secondary N) is 1. The molecule has 24 heavy (non-hydrogen) atoms. The fourth-order valence-electron chi connectivity index (χ4n) is 2.67. The van der Waals surface area contributed by atoms with Gasteiger partial charge >= 0.3 is 6.03 Å². The Bertz CT molecular complexity index is 615. The molecule has 1 aliphatic rings. The van der Waals surface area contributed by atoms with Crippen LogP contribution in [-0.4, -0.2) is 46.7 Å². The highest BCUT2D eigenvalue weighted by molar-refractivity contribution is 6.06. The van der Waals surface area contributed by atoms with E-state index in [0.29, 0.717) is 5.92 Å². The molecule has 0 radical (unpaired) electrons. The van der Waals surface area contributed by atoms with E-state index in [9.17, 15) is 14.7 Å². The molecular weight excluding hydrogens is 308 g/mol. The maximum Gasteiger partial charge on any atom is 0.325 e. The summed E-state index contributed by atoms with van der Waals surface area (Å²) in [6.45, 7) is 7.44. The average molecular weight is 334 g/mol. The zero-order valence-corrected chi connectivity index (χ0v) is 14.7.